The van der Waals surface area contributed by atoms with E-state index in [2.05, 4.69) is 6.58 Å². The molecule has 0 aromatic rings. The molecule has 0 N–H and O–H groups in total. The molecule has 2 fully saturated rings. The predicted octanol–water partition coefficient (Wildman–Crippen LogP) is 2.09. The number of carbonyl (C=O) groups is 2. The van der Waals surface area contributed by atoms with E-state index in [0.29, 0.717) is 24.5 Å². The normalized spacial score (nSPS) is 36.7. The van der Waals surface area contributed by atoms with Gasteiger partial charge in [-0.25, -0.2) is 4.79 Å². The van der Waals surface area contributed by atoms with Crippen molar-refractivity contribution in [3.05, 3.63) is 12.2 Å². The smallest absolute Gasteiger partial charge is 0.333 e. The molecule has 0 heterocycles. The van der Waals surface area contributed by atoms with Gasteiger partial charge in [0.05, 0.1) is 19.1 Å². The monoisotopic (exact) mass is 252 g/mol. The van der Waals surface area contributed by atoms with Crippen molar-refractivity contribution in [3.8, 4) is 0 Å². The van der Waals surface area contributed by atoms with E-state index in [1.807, 2.05) is 6.92 Å². The molecule has 2 aliphatic rings. The summed E-state index contributed by atoms with van der Waals surface area (Å²) < 4.78 is 9.86. The van der Waals surface area contributed by atoms with Gasteiger partial charge in [0.2, 0.25) is 0 Å². The first-order chi connectivity index (χ1) is 8.39. The van der Waals surface area contributed by atoms with Crippen LogP contribution in [-0.4, -0.2) is 25.7 Å². The van der Waals surface area contributed by atoms with E-state index in [1.54, 1.807) is 6.92 Å². The van der Waals surface area contributed by atoms with Gasteiger partial charge in [-0.15, -0.1) is 0 Å². The zero-order valence-corrected chi connectivity index (χ0v) is 11.2. The fourth-order valence-corrected chi connectivity index (χ4v) is 3.44. The number of esters is 2. The molecule has 4 nitrogen and oxygen atoms in total. The summed E-state index contributed by atoms with van der Waals surface area (Å²) in [5, 5.41) is 0. The first kappa shape index (κ1) is 13.1. The van der Waals surface area contributed by atoms with Crippen molar-refractivity contribution >= 4 is 11.9 Å². The maximum absolute atomic E-state index is 12.0. The Kier molecular flexibility index (Phi) is 2.99. The van der Waals surface area contributed by atoms with Gasteiger partial charge in [-0.3, -0.25) is 4.79 Å². The van der Waals surface area contributed by atoms with Gasteiger partial charge in [0.15, 0.2) is 0 Å². The van der Waals surface area contributed by atoms with Crippen LogP contribution in [-0.2, 0) is 19.1 Å². The predicted molar refractivity (Wildman–Crippen MR) is 65.7 cm³/mol. The molecule has 0 amide bonds. The Hall–Kier alpha value is -1.32. The molecule has 0 saturated heterocycles. The maximum atomic E-state index is 12.0. The number of carbonyl (C=O) groups excluding carboxylic acids is 2. The highest BCUT2D eigenvalue weighted by atomic mass is 16.5. The maximum Gasteiger partial charge on any atom is 0.333 e. The topological polar surface area (TPSA) is 52.6 Å². The third-order valence-electron chi connectivity index (χ3n) is 4.44. The molecule has 0 bridgehead atoms. The van der Waals surface area contributed by atoms with Crippen LogP contribution < -0.4 is 0 Å². The average Bonchev–Trinajstić information content (AvgIpc) is 2.92. The van der Waals surface area contributed by atoms with Crippen LogP contribution in [0.4, 0.5) is 0 Å². The zero-order valence-electron chi connectivity index (χ0n) is 11.2. The lowest BCUT2D eigenvalue weighted by atomic mass is 9.81. The van der Waals surface area contributed by atoms with E-state index >= 15 is 0 Å². The summed E-state index contributed by atoms with van der Waals surface area (Å²) in [5.74, 6) is -0.140. The van der Waals surface area contributed by atoms with Crippen molar-refractivity contribution in [1.29, 1.82) is 0 Å². The number of hydrogen-bond acceptors (Lipinski definition) is 4. The van der Waals surface area contributed by atoms with Crippen LogP contribution in [0.25, 0.3) is 0 Å². The second-order valence-corrected chi connectivity index (χ2v) is 5.69. The standard InChI is InChI=1S/C14H20O4/c1-5-18-12(16)13(3)6-10-7-14(10,8-13)9(2)11(15)17-4/h10H,2,5-8H2,1,3-4H3. The SMILES string of the molecule is C=C(C(=O)OC)C12CC1CC(C)(C(=O)OCC)C2. The molecule has 2 aliphatic carbocycles. The molecule has 0 aromatic carbocycles. The molecule has 0 radical (unpaired) electrons. The van der Waals surface area contributed by atoms with Crippen molar-refractivity contribution in [2.45, 2.75) is 33.1 Å². The molecular weight excluding hydrogens is 232 g/mol. The van der Waals surface area contributed by atoms with E-state index < -0.39 is 5.41 Å². The van der Waals surface area contributed by atoms with Gasteiger partial charge in [-0.05, 0) is 39.0 Å². The van der Waals surface area contributed by atoms with Gasteiger partial charge in [0.1, 0.15) is 0 Å². The van der Waals surface area contributed by atoms with Gasteiger partial charge < -0.3 is 9.47 Å². The second kappa shape index (κ2) is 4.11. The summed E-state index contributed by atoms with van der Waals surface area (Å²) in [7, 11) is 1.36. The van der Waals surface area contributed by atoms with Crippen molar-refractivity contribution in [2.24, 2.45) is 16.7 Å². The van der Waals surface area contributed by atoms with E-state index in [1.165, 1.54) is 7.11 Å². The van der Waals surface area contributed by atoms with Gasteiger partial charge in [-0.2, -0.15) is 0 Å². The highest BCUT2D eigenvalue weighted by molar-refractivity contribution is 5.91. The van der Waals surface area contributed by atoms with Crippen molar-refractivity contribution in [2.75, 3.05) is 13.7 Å². The Labute approximate surface area is 107 Å². The number of fused-ring (bicyclic) bond motifs is 1. The molecule has 2 saturated carbocycles. The molecular formula is C14H20O4. The fraction of sp³-hybridized carbons (Fsp3) is 0.714. The summed E-state index contributed by atoms with van der Waals surface area (Å²) in [4.78, 5) is 23.6. The number of methoxy groups -OCH3 is 1. The number of hydrogen-bond donors (Lipinski definition) is 0. The van der Waals surface area contributed by atoms with Crippen molar-refractivity contribution < 1.29 is 19.1 Å². The summed E-state index contributed by atoms with van der Waals surface area (Å²) in [6.07, 6.45) is 2.37. The van der Waals surface area contributed by atoms with Gasteiger partial charge in [-0.1, -0.05) is 6.58 Å². The van der Waals surface area contributed by atoms with Gasteiger partial charge in [0, 0.05) is 11.0 Å². The molecule has 3 unspecified atom stereocenters. The third kappa shape index (κ3) is 1.74. The largest absolute Gasteiger partial charge is 0.466 e. The summed E-state index contributed by atoms with van der Waals surface area (Å²) in [6.45, 7) is 7.98. The van der Waals surface area contributed by atoms with Crippen molar-refractivity contribution in [3.63, 3.8) is 0 Å². The number of rotatable bonds is 4. The van der Waals surface area contributed by atoms with Crippen molar-refractivity contribution in [1.82, 2.24) is 0 Å². The molecule has 3 atom stereocenters. The molecule has 100 valence electrons. The highest BCUT2D eigenvalue weighted by Gasteiger charge is 2.68. The average molecular weight is 252 g/mol. The van der Waals surface area contributed by atoms with E-state index in [0.717, 1.165) is 12.8 Å². The Balaban J connectivity index is 2.12. The summed E-state index contributed by atoms with van der Waals surface area (Å²) in [5.41, 5.74) is -0.173. The number of ether oxygens (including phenoxy) is 2. The molecule has 18 heavy (non-hydrogen) atoms. The Bertz CT molecular complexity index is 414. The lowest BCUT2D eigenvalue weighted by Crippen LogP contribution is -2.30. The van der Waals surface area contributed by atoms with E-state index in [9.17, 15) is 9.59 Å². The highest BCUT2D eigenvalue weighted by Crippen LogP contribution is 2.72. The minimum Gasteiger partial charge on any atom is -0.466 e. The Morgan fingerprint density at radius 3 is 2.61 bits per heavy atom. The lowest BCUT2D eigenvalue weighted by Gasteiger charge is -2.25. The first-order valence-corrected chi connectivity index (χ1v) is 6.34. The minimum absolute atomic E-state index is 0.158. The van der Waals surface area contributed by atoms with Gasteiger partial charge >= 0.3 is 11.9 Å². The molecule has 2 rings (SSSR count). The Morgan fingerprint density at radius 2 is 2.06 bits per heavy atom. The molecule has 4 heteroatoms. The first-order valence-electron chi connectivity index (χ1n) is 6.34. The van der Waals surface area contributed by atoms with Crippen LogP contribution >= 0.6 is 0 Å². The van der Waals surface area contributed by atoms with E-state index in [-0.39, 0.29) is 17.4 Å². The molecule has 0 spiro atoms. The summed E-state index contributed by atoms with van der Waals surface area (Å²) in [6, 6.07) is 0. The Morgan fingerprint density at radius 1 is 1.39 bits per heavy atom. The second-order valence-electron chi connectivity index (χ2n) is 5.69. The fourth-order valence-electron chi connectivity index (χ4n) is 3.44. The van der Waals surface area contributed by atoms with Crippen LogP contribution in [0, 0.1) is 16.7 Å². The zero-order chi connectivity index (χ0) is 13.6. The quantitative estimate of drug-likeness (QED) is 0.568. The van der Waals surface area contributed by atoms with Crippen LogP contribution in [0.2, 0.25) is 0 Å². The summed E-state index contributed by atoms with van der Waals surface area (Å²) >= 11 is 0. The minimum atomic E-state index is -0.476. The van der Waals surface area contributed by atoms with Crippen LogP contribution in [0.5, 0.6) is 0 Å². The van der Waals surface area contributed by atoms with Crippen LogP contribution in [0.1, 0.15) is 33.1 Å². The van der Waals surface area contributed by atoms with E-state index in [4.69, 9.17) is 9.47 Å². The van der Waals surface area contributed by atoms with Crippen LogP contribution in [0.15, 0.2) is 12.2 Å². The lowest BCUT2D eigenvalue weighted by molar-refractivity contribution is -0.155. The third-order valence-corrected chi connectivity index (χ3v) is 4.44. The van der Waals surface area contributed by atoms with Gasteiger partial charge in [0.25, 0.3) is 0 Å². The molecule has 0 aromatic heterocycles. The van der Waals surface area contributed by atoms with Crippen LogP contribution in [0.3, 0.4) is 0 Å². The molecule has 0 aliphatic heterocycles.